The van der Waals surface area contributed by atoms with Crippen LogP contribution in [0, 0.1) is 20.8 Å². The van der Waals surface area contributed by atoms with Gasteiger partial charge in [0.2, 0.25) is 0 Å². The van der Waals surface area contributed by atoms with Crippen LogP contribution in [0.15, 0.2) is 0 Å². The first-order valence-electron chi connectivity index (χ1n) is 7.02. The van der Waals surface area contributed by atoms with E-state index in [1.54, 1.807) is 21.1 Å². The highest BCUT2D eigenvalue weighted by atomic mass is 16.7. The molecule has 2 rings (SSSR count). The lowest BCUT2D eigenvalue weighted by Crippen LogP contribution is -2.50. The molecule has 0 amide bonds. The van der Waals surface area contributed by atoms with E-state index in [0.29, 0.717) is 23.3 Å². The van der Waals surface area contributed by atoms with Crippen LogP contribution in [0.25, 0.3) is 0 Å². The second-order valence-corrected chi connectivity index (χ2v) is 5.90. The molecule has 0 saturated carbocycles. The van der Waals surface area contributed by atoms with Crippen molar-refractivity contribution >= 4 is 0 Å². The van der Waals surface area contributed by atoms with Gasteiger partial charge in [-0.1, -0.05) is 0 Å². The second-order valence-electron chi connectivity index (χ2n) is 5.90. The van der Waals surface area contributed by atoms with Gasteiger partial charge in [0.25, 0.3) is 0 Å². The quantitative estimate of drug-likeness (QED) is 0.839. The summed E-state index contributed by atoms with van der Waals surface area (Å²) in [6, 6.07) is 0. The molecule has 0 bridgehead atoms. The summed E-state index contributed by atoms with van der Waals surface area (Å²) in [5.74, 6) is 0.829. The Morgan fingerprint density at radius 1 is 1.14 bits per heavy atom. The molecule has 1 aromatic rings. The lowest BCUT2D eigenvalue weighted by atomic mass is 9.85. The number of aliphatic hydroxyl groups is 1. The molecule has 5 nitrogen and oxygen atoms in total. The maximum Gasteiger partial charge on any atom is 0.196 e. The summed E-state index contributed by atoms with van der Waals surface area (Å²) in [4.78, 5) is 0. The molecule has 0 saturated heterocycles. The Balaban J connectivity index is 2.59. The van der Waals surface area contributed by atoms with E-state index in [1.165, 1.54) is 0 Å². The summed E-state index contributed by atoms with van der Waals surface area (Å²) < 4.78 is 16.8. The molecule has 2 N–H and O–H groups in total. The zero-order valence-corrected chi connectivity index (χ0v) is 13.5. The van der Waals surface area contributed by atoms with E-state index in [4.69, 9.17) is 14.2 Å². The zero-order chi connectivity index (χ0) is 15.9. The molecule has 0 spiro atoms. The molecule has 0 fully saturated rings. The number of methoxy groups -OCH3 is 2. The van der Waals surface area contributed by atoms with Gasteiger partial charge in [-0.2, -0.15) is 0 Å². The SMILES string of the molecule is COC(OC)C1(C)CC(O)c2c(C)c(O)c(C)c(C)c2O1. The molecule has 1 aliphatic heterocycles. The van der Waals surface area contributed by atoms with Gasteiger partial charge < -0.3 is 24.4 Å². The van der Waals surface area contributed by atoms with Crippen LogP contribution in [0.2, 0.25) is 0 Å². The van der Waals surface area contributed by atoms with Gasteiger partial charge in [0, 0.05) is 31.8 Å². The molecule has 118 valence electrons. The predicted octanol–water partition coefficient (Wildman–Crippen LogP) is 2.51. The van der Waals surface area contributed by atoms with Crippen molar-refractivity contribution in [2.24, 2.45) is 0 Å². The fraction of sp³-hybridized carbons (Fsp3) is 0.625. The normalized spacial score (nSPS) is 24.9. The van der Waals surface area contributed by atoms with E-state index >= 15 is 0 Å². The number of hydrogen-bond donors (Lipinski definition) is 2. The Morgan fingerprint density at radius 3 is 2.24 bits per heavy atom. The first-order valence-corrected chi connectivity index (χ1v) is 7.02. The van der Waals surface area contributed by atoms with Gasteiger partial charge >= 0.3 is 0 Å². The van der Waals surface area contributed by atoms with Crippen molar-refractivity contribution in [1.29, 1.82) is 0 Å². The Kier molecular flexibility index (Phi) is 4.19. The van der Waals surface area contributed by atoms with E-state index in [0.717, 1.165) is 11.1 Å². The van der Waals surface area contributed by atoms with Crippen LogP contribution in [0.5, 0.6) is 11.5 Å². The molecule has 1 aliphatic rings. The van der Waals surface area contributed by atoms with Gasteiger partial charge in [0.05, 0.1) is 6.10 Å². The van der Waals surface area contributed by atoms with Gasteiger partial charge in [-0.05, 0) is 38.8 Å². The highest BCUT2D eigenvalue weighted by Crippen LogP contribution is 2.48. The summed E-state index contributed by atoms with van der Waals surface area (Å²) in [5.41, 5.74) is 2.10. The Morgan fingerprint density at radius 2 is 1.71 bits per heavy atom. The number of phenolic OH excluding ortho intramolecular Hbond substituents is 1. The summed E-state index contributed by atoms with van der Waals surface area (Å²) in [5, 5.41) is 20.7. The molecule has 2 atom stereocenters. The van der Waals surface area contributed by atoms with E-state index in [-0.39, 0.29) is 5.75 Å². The fourth-order valence-electron chi connectivity index (χ4n) is 3.16. The monoisotopic (exact) mass is 296 g/mol. The Labute approximate surface area is 125 Å². The third-order valence-electron chi connectivity index (χ3n) is 4.46. The lowest BCUT2D eigenvalue weighted by molar-refractivity contribution is -0.212. The molecular weight excluding hydrogens is 272 g/mol. The number of rotatable bonds is 3. The first kappa shape index (κ1) is 16.1. The number of phenols is 1. The molecule has 0 aliphatic carbocycles. The summed E-state index contributed by atoms with van der Waals surface area (Å²) >= 11 is 0. The maximum atomic E-state index is 10.6. The number of ether oxygens (including phenoxy) is 3. The molecule has 2 unspecified atom stereocenters. The first-order chi connectivity index (χ1) is 9.76. The highest BCUT2D eigenvalue weighted by molar-refractivity contribution is 5.59. The van der Waals surface area contributed by atoms with E-state index in [1.807, 2.05) is 20.8 Å². The second kappa shape index (κ2) is 5.48. The number of fused-ring (bicyclic) bond motifs is 1. The van der Waals surface area contributed by atoms with Crippen molar-refractivity contribution < 1.29 is 24.4 Å². The maximum absolute atomic E-state index is 10.6. The highest BCUT2D eigenvalue weighted by Gasteiger charge is 2.45. The molecule has 0 radical (unpaired) electrons. The Bertz CT molecular complexity index is 550. The minimum atomic E-state index is -0.795. The summed E-state index contributed by atoms with van der Waals surface area (Å²) in [6.45, 7) is 7.36. The van der Waals surface area contributed by atoms with Crippen LogP contribution < -0.4 is 4.74 Å². The van der Waals surface area contributed by atoms with Crippen LogP contribution in [0.4, 0.5) is 0 Å². The molecule has 5 heteroatoms. The summed E-state index contributed by atoms with van der Waals surface area (Å²) in [7, 11) is 3.09. The van der Waals surface area contributed by atoms with Crippen LogP contribution in [0.3, 0.4) is 0 Å². The lowest BCUT2D eigenvalue weighted by Gasteiger charge is -2.43. The standard InChI is InChI=1S/C16H24O5/c1-8-9(2)14-12(10(3)13(8)18)11(17)7-16(4,21-14)15(19-5)20-6/h11,15,17-18H,7H2,1-6H3. The molecular formula is C16H24O5. The average molecular weight is 296 g/mol. The number of benzene rings is 1. The van der Waals surface area contributed by atoms with Crippen molar-refractivity contribution in [2.75, 3.05) is 14.2 Å². The van der Waals surface area contributed by atoms with Gasteiger partial charge in [-0.15, -0.1) is 0 Å². The minimum absolute atomic E-state index is 0.215. The van der Waals surface area contributed by atoms with Crippen molar-refractivity contribution in [3.05, 3.63) is 22.3 Å². The number of aromatic hydroxyl groups is 1. The fourth-order valence-corrected chi connectivity index (χ4v) is 3.16. The van der Waals surface area contributed by atoms with Crippen LogP contribution in [-0.4, -0.2) is 36.3 Å². The van der Waals surface area contributed by atoms with Crippen molar-refractivity contribution in [2.45, 2.75) is 52.1 Å². The molecule has 21 heavy (non-hydrogen) atoms. The van der Waals surface area contributed by atoms with E-state index in [2.05, 4.69) is 0 Å². The predicted molar refractivity (Wildman–Crippen MR) is 78.7 cm³/mol. The van der Waals surface area contributed by atoms with Gasteiger partial charge in [-0.3, -0.25) is 0 Å². The molecule has 1 aromatic carbocycles. The minimum Gasteiger partial charge on any atom is -0.507 e. The van der Waals surface area contributed by atoms with Crippen molar-refractivity contribution in [3.63, 3.8) is 0 Å². The Hall–Kier alpha value is -1.30. The zero-order valence-electron chi connectivity index (χ0n) is 13.5. The molecule has 1 heterocycles. The largest absolute Gasteiger partial charge is 0.507 e. The van der Waals surface area contributed by atoms with Crippen LogP contribution in [-0.2, 0) is 9.47 Å². The summed E-state index contributed by atoms with van der Waals surface area (Å²) in [6.07, 6.45) is -0.999. The average Bonchev–Trinajstić information content (AvgIpc) is 2.43. The molecule has 0 aromatic heterocycles. The van der Waals surface area contributed by atoms with Gasteiger partial charge in [-0.25, -0.2) is 0 Å². The smallest absolute Gasteiger partial charge is 0.196 e. The third-order valence-corrected chi connectivity index (χ3v) is 4.46. The van der Waals surface area contributed by atoms with Crippen LogP contribution >= 0.6 is 0 Å². The third kappa shape index (κ3) is 2.39. The number of hydrogen-bond acceptors (Lipinski definition) is 5. The van der Waals surface area contributed by atoms with Crippen molar-refractivity contribution in [3.8, 4) is 11.5 Å². The number of aliphatic hydroxyl groups excluding tert-OH is 1. The van der Waals surface area contributed by atoms with Gasteiger partial charge in [0.1, 0.15) is 11.5 Å². The van der Waals surface area contributed by atoms with E-state index < -0.39 is 18.0 Å². The van der Waals surface area contributed by atoms with Crippen LogP contribution in [0.1, 0.15) is 41.7 Å². The topological polar surface area (TPSA) is 68.2 Å². The van der Waals surface area contributed by atoms with Crippen molar-refractivity contribution in [1.82, 2.24) is 0 Å². The van der Waals surface area contributed by atoms with E-state index in [9.17, 15) is 10.2 Å². The van der Waals surface area contributed by atoms with Gasteiger partial charge in [0.15, 0.2) is 11.9 Å².